The van der Waals surface area contributed by atoms with Gasteiger partial charge in [-0.2, -0.15) is 0 Å². The van der Waals surface area contributed by atoms with Crippen LogP contribution in [0.25, 0.3) is 0 Å². The Morgan fingerprint density at radius 2 is 0.833 bits per heavy atom. The summed E-state index contributed by atoms with van der Waals surface area (Å²) in [5, 5.41) is 0.926. The molecule has 1 aromatic carbocycles. The van der Waals surface area contributed by atoms with E-state index in [-0.39, 0.29) is 0 Å². The van der Waals surface area contributed by atoms with Gasteiger partial charge in [0.1, 0.15) is 0 Å². The molecule has 1 rings (SSSR count). The van der Waals surface area contributed by atoms with Gasteiger partial charge in [-0.1, -0.05) is 11.6 Å². The Balaban J connectivity index is 3.60. The average Bonchev–Trinajstić information content (AvgIpc) is 2.08. The summed E-state index contributed by atoms with van der Waals surface area (Å²) in [6.07, 6.45) is 0. The summed E-state index contributed by atoms with van der Waals surface area (Å²) in [5.41, 5.74) is 6.45. The zero-order valence-corrected chi connectivity index (χ0v) is 9.13. The lowest BCUT2D eigenvalue weighted by molar-refractivity contribution is 1.18. The molecular formula is C11H15Cl. The Labute approximate surface area is 79.6 Å². The van der Waals surface area contributed by atoms with Crippen molar-refractivity contribution in [2.45, 2.75) is 34.6 Å². The van der Waals surface area contributed by atoms with Crippen LogP contribution in [0.4, 0.5) is 0 Å². The molecule has 12 heavy (non-hydrogen) atoms. The van der Waals surface area contributed by atoms with Gasteiger partial charge in [-0.25, -0.2) is 0 Å². The van der Waals surface area contributed by atoms with Crippen molar-refractivity contribution in [2.24, 2.45) is 0 Å². The van der Waals surface area contributed by atoms with Crippen molar-refractivity contribution in [2.75, 3.05) is 0 Å². The lowest BCUT2D eigenvalue weighted by Gasteiger charge is -2.13. The summed E-state index contributed by atoms with van der Waals surface area (Å²) < 4.78 is 0. The minimum Gasteiger partial charge on any atom is -0.0837 e. The Bertz CT molecular complexity index is 219. The van der Waals surface area contributed by atoms with Crippen molar-refractivity contribution in [3.8, 4) is 0 Å². The van der Waals surface area contributed by atoms with Gasteiger partial charge in [0.2, 0.25) is 0 Å². The maximum Gasteiger partial charge on any atom is 0.0469 e. The minimum atomic E-state index is 0.926. The van der Waals surface area contributed by atoms with Gasteiger partial charge in [-0.15, -0.1) is 0 Å². The normalized spacial score (nSPS) is 10.5. The summed E-state index contributed by atoms with van der Waals surface area (Å²) in [4.78, 5) is 0. The monoisotopic (exact) mass is 182 g/mol. The third-order valence-electron chi connectivity index (χ3n) is 2.91. The van der Waals surface area contributed by atoms with E-state index in [1.54, 1.807) is 0 Å². The average molecular weight is 183 g/mol. The molecule has 0 atom stereocenters. The van der Waals surface area contributed by atoms with E-state index in [9.17, 15) is 0 Å². The van der Waals surface area contributed by atoms with E-state index in [1.807, 2.05) is 0 Å². The highest BCUT2D eigenvalue weighted by Gasteiger charge is 2.09. The number of rotatable bonds is 0. The number of hydrogen-bond donors (Lipinski definition) is 0. The van der Waals surface area contributed by atoms with Gasteiger partial charge >= 0.3 is 0 Å². The lowest BCUT2D eigenvalue weighted by Crippen LogP contribution is -1.95. The molecule has 0 saturated carbocycles. The fraction of sp³-hybridized carbons (Fsp3) is 0.455. The van der Waals surface area contributed by atoms with Crippen molar-refractivity contribution in [3.05, 3.63) is 32.8 Å². The van der Waals surface area contributed by atoms with Gasteiger partial charge in [0, 0.05) is 5.02 Å². The molecule has 0 aliphatic carbocycles. The zero-order valence-electron chi connectivity index (χ0n) is 8.38. The van der Waals surface area contributed by atoms with E-state index >= 15 is 0 Å². The molecule has 0 aromatic heterocycles. The Kier molecular flexibility index (Phi) is 2.48. The van der Waals surface area contributed by atoms with Gasteiger partial charge < -0.3 is 0 Å². The molecule has 66 valence electrons. The molecule has 0 heterocycles. The van der Waals surface area contributed by atoms with Crippen LogP contribution in [0.3, 0.4) is 0 Å². The first-order valence-electron chi connectivity index (χ1n) is 4.19. The fourth-order valence-electron chi connectivity index (χ4n) is 1.45. The van der Waals surface area contributed by atoms with Crippen molar-refractivity contribution >= 4 is 11.6 Å². The van der Waals surface area contributed by atoms with Crippen LogP contribution >= 0.6 is 11.6 Å². The van der Waals surface area contributed by atoms with Crippen LogP contribution in [0.15, 0.2) is 0 Å². The van der Waals surface area contributed by atoms with Crippen molar-refractivity contribution in [1.82, 2.24) is 0 Å². The summed E-state index contributed by atoms with van der Waals surface area (Å²) in [6, 6.07) is 0. The van der Waals surface area contributed by atoms with Crippen LogP contribution in [0.5, 0.6) is 0 Å². The molecule has 0 radical (unpaired) electrons. The van der Waals surface area contributed by atoms with E-state index in [0.717, 1.165) is 5.02 Å². The van der Waals surface area contributed by atoms with E-state index in [1.165, 1.54) is 27.8 Å². The van der Waals surface area contributed by atoms with Gasteiger partial charge in [0.05, 0.1) is 0 Å². The molecule has 0 amide bonds. The standard InChI is InChI=1S/C11H15Cl/c1-6-7(2)9(4)11(12)10(5)8(6)3/h1-5H3. The third-order valence-corrected chi connectivity index (χ3v) is 3.48. The lowest BCUT2D eigenvalue weighted by atomic mass is 9.95. The van der Waals surface area contributed by atoms with Crippen molar-refractivity contribution in [1.29, 1.82) is 0 Å². The summed E-state index contributed by atoms with van der Waals surface area (Å²) in [6.45, 7) is 10.6. The fourth-order valence-corrected chi connectivity index (χ4v) is 1.74. The Morgan fingerprint density at radius 3 is 1.17 bits per heavy atom. The molecule has 0 unspecified atom stereocenters. The number of halogens is 1. The third kappa shape index (κ3) is 1.25. The van der Waals surface area contributed by atoms with E-state index in [2.05, 4.69) is 34.6 Å². The van der Waals surface area contributed by atoms with Gasteiger partial charge in [-0.05, 0) is 62.4 Å². The highest BCUT2D eigenvalue weighted by Crippen LogP contribution is 2.29. The molecule has 0 aliphatic rings. The molecule has 0 saturated heterocycles. The molecule has 0 N–H and O–H groups in total. The second kappa shape index (κ2) is 3.10. The smallest absolute Gasteiger partial charge is 0.0469 e. The van der Waals surface area contributed by atoms with E-state index in [4.69, 9.17) is 11.6 Å². The van der Waals surface area contributed by atoms with Gasteiger partial charge in [0.25, 0.3) is 0 Å². The second-order valence-corrected chi connectivity index (χ2v) is 3.82. The van der Waals surface area contributed by atoms with Crippen molar-refractivity contribution < 1.29 is 0 Å². The minimum absolute atomic E-state index is 0.926. The Morgan fingerprint density at radius 1 is 0.583 bits per heavy atom. The van der Waals surface area contributed by atoms with Crippen LogP contribution in [0.2, 0.25) is 5.02 Å². The second-order valence-electron chi connectivity index (χ2n) is 3.44. The molecule has 1 heteroatoms. The first-order chi connectivity index (χ1) is 5.46. The van der Waals surface area contributed by atoms with Gasteiger partial charge in [-0.3, -0.25) is 0 Å². The molecular weight excluding hydrogens is 168 g/mol. The topological polar surface area (TPSA) is 0 Å². The number of benzene rings is 1. The molecule has 0 fully saturated rings. The van der Waals surface area contributed by atoms with Crippen LogP contribution in [-0.2, 0) is 0 Å². The van der Waals surface area contributed by atoms with Crippen LogP contribution in [0, 0.1) is 34.6 Å². The summed E-state index contributed by atoms with van der Waals surface area (Å²) in [5.74, 6) is 0. The quantitative estimate of drug-likeness (QED) is 0.571. The van der Waals surface area contributed by atoms with E-state index in [0.29, 0.717) is 0 Å². The van der Waals surface area contributed by atoms with Crippen LogP contribution in [0.1, 0.15) is 27.8 Å². The van der Waals surface area contributed by atoms with Gasteiger partial charge in [0.15, 0.2) is 0 Å². The molecule has 0 bridgehead atoms. The Hall–Kier alpha value is -0.490. The van der Waals surface area contributed by atoms with Crippen LogP contribution < -0.4 is 0 Å². The van der Waals surface area contributed by atoms with Crippen molar-refractivity contribution in [3.63, 3.8) is 0 Å². The highest BCUT2D eigenvalue weighted by atomic mass is 35.5. The first-order valence-corrected chi connectivity index (χ1v) is 4.57. The summed E-state index contributed by atoms with van der Waals surface area (Å²) >= 11 is 6.16. The zero-order chi connectivity index (χ0) is 9.46. The molecule has 1 aromatic rings. The maximum absolute atomic E-state index is 6.16. The SMILES string of the molecule is Cc1c(C)c(C)c(Cl)c(C)c1C. The molecule has 0 spiro atoms. The maximum atomic E-state index is 6.16. The molecule has 0 nitrogen and oxygen atoms in total. The predicted molar refractivity (Wildman–Crippen MR) is 55.1 cm³/mol. The predicted octanol–water partition coefficient (Wildman–Crippen LogP) is 3.88. The highest BCUT2D eigenvalue weighted by molar-refractivity contribution is 6.32. The van der Waals surface area contributed by atoms with Crippen LogP contribution in [-0.4, -0.2) is 0 Å². The largest absolute Gasteiger partial charge is 0.0837 e. The summed E-state index contributed by atoms with van der Waals surface area (Å²) in [7, 11) is 0. The first kappa shape index (κ1) is 9.60. The molecule has 0 aliphatic heterocycles. The van der Waals surface area contributed by atoms with E-state index < -0.39 is 0 Å². The number of hydrogen-bond acceptors (Lipinski definition) is 0.